The molecule has 7 heavy (non-hydrogen) atoms. The number of hydrogen-bond acceptors (Lipinski definition) is 3. The van der Waals surface area contributed by atoms with Crippen molar-refractivity contribution in [2.24, 2.45) is 0 Å². The fourth-order valence-electron chi connectivity index (χ4n) is 0.180. The lowest BCUT2D eigenvalue weighted by Crippen LogP contribution is -1.99. The van der Waals surface area contributed by atoms with Gasteiger partial charge in [0, 0.05) is 0 Å². The summed E-state index contributed by atoms with van der Waals surface area (Å²) in [6, 6.07) is 0. The van der Waals surface area contributed by atoms with Crippen molar-refractivity contribution in [1.29, 1.82) is 0 Å². The molecule has 0 bridgehead atoms. The maximum Gasteiger partial charge on any atom is 0.320 e. The Morgan fingerprint density at radius 1 is 2.00 bits per heavy atom. The van der Waals surface area contributed by atoms with Crippen molar-refractivity contribution in [3.05, 3.63) is 5.75 Å². The number of rotatable bonds is 2. The number of carbonyl (C=O) groups is 1. The van der Waals surface area contributed by atoms with Crippen molar-refractivity contribution >= 4 is 18.6 Å². The smallest absolute Gasteiger partial charge is 0.320 e. The zero-order valence-corrected chi connectivity index (χ0v) is 4.94. The van der Waals surface area contributed by atoms with E-state index < -0.39 is 0 Å². The second kappa shape index (κ2) is 3.99. The van der Waals surface area contributed by atoms with E-state index in [-0.39, 0.29) is 5.97 Å². The third-order valence-corrected chi connectivity index (χ3v) is 0.603. The summed E-state index contributed by atoms with van der Waals surface area (Å²) in [7, 11) is 0. The van der Waals surface area contributed by atoms with Crippen molar-refractivity contribution in [2.75, 3.05) is 6.61 Å². The third kappa shape index (κ3) is 3.66. The van der Waals surface area contributed by atoms with Crippen molar-refractivity contribution in [3.8, 4) is 0 Å². The van der Waals surface area contributed by atoms with Crippen molar-refractivity contribution < 1.29 is 9.53 Å². The average molecular weight is 119 g/mol. The molecule has 0 spiro atoms. The molecule has 0 amide bonds. The van der Waals surface area contributed by atoms with Crippen LogP contribution in [0.3, 0.4) is 0 Å². The maximum atomic E-state index is 10.1. The summed E-state index contributed by atoms with van der Waals surface area (Å²) < 4.78 is 4.42. The van der Waals surface area contributed by atoms with Gasteiger partial charge in [-0.2, -0.15) is 12.6 Å². The molecule has 0 aromatic heterocycles. The molecule has 0 aliphatic heterocycles. The highest BCUT2D eigenvalue weighted by Gasteiger charge is 1.92. The van der Waals surface area contributed by atoms with E-state index in [0.29, 0.717) is 6.61 Å². The van der Waals surface area contributed by atoms with E-state index in [1.54, 1.807) is 6.92 Å². The first-order valence-electron chi connectivity index (χ1n) is 1.95. The molecular weight excluding hydrogens is 112 g/mol. The molecule has 0 unspecified atom stereocenters. The predicted molar refractivity (Wildman–Crippen MR) is 29.9 cm³/mol. The normalized spacial score (nSPS) is 8.29. The standard InChI is InChI=1S/C4H7O2S/c1-2-6-4(5)3-7/h3,7H,2H2,1H3. The molecule has 0 heterocycles. The molecule has 0 aromatic rings. The van der Waals surface area contributed by atoms with Gasteiger partial charge in [0.25, 0.3) is 0 Å². The van der Waals surface area contributed by atoms with Gasteiger partial charge in [-0.25, -0.2) is 0 Å². The van der Waals surface area contributed by atoms with Gasteiger partial charge in [-0.3, -0.25) is 4.79 Å². The van der Waals surface area contributed by atoms with Gasteiger partial charge in [-0.15, -0.1) is 0 Å². The van der Waals surface area contributed by atoms with E-state index >= 15 is 0 Å². The van der Waals surface area contributed by atoms with E-state index in [1.165, 1.54) is 0 Å². The predicted octanol–water partition coefficient (Wildman–Crippen LogP) is 0.641. The largest absolute Gasteiger partial charge is 0.465 e. The van der Waals surface area contributed by atoms with Gasteiger partial charge in [0.05, 0.1) is 6.61 Å². The Labute approximate surface area is 48.3 Å². The first kappa shape index (κ1) is 6.82. The van der Waals surface area contributed by atoms with Gasteiger partial charge in [-0.05, 0) is 6.92 Å². The fraction of sp³-hybridized carbons (Fsp3) is 0.500. The van der Waals surface area contributed by atoms with Crippen molar-refractivity contribution in [3.63, 3.8) is 0 Å². The summed E-state index contributed by atoms with van der Waals surface area (Å²) in [4.78, 5) is 10.1. The topological polar surface area (TPSA) is 26.3 Å². The molecule has 41 valence electrons. The number of hydrogen-bond donors (Lipinski definition) is 1. The van der Waals surface area contributed by atoms with Crippen LogP contribution >= 0.6 is 12.6 Å². The Bertz CT molecular complexity index is 62.7. The van der Waals surface area contributed by atoms with E-state index in [2.05, 4.69) is 17.4 Å². The number of ether oxygens (including phenoxy) is 1. The van der Waals surface area contributed by atoms with Crippen LogP contribution in [-0.4, -0.2) is 12.6 Å². The summed E-state index contributed by atoms with van der Waals surface area (Å²) >= 11 is 3.55. The molecule has 0 aliphatic carbocycles. The molecule has 0 atom stereocenters. The molecule has 0 rings (SSSR count). The Morgan fingerprint density at radius 3 is 2.71 bits per heavy atom. The van der Waals surface area contributed by atoms with Crippen LogP contribution in [0.4, 0.5) is 0 Å². The zero-order valence-electron chi connectivity index (χ0n) is 4.05. The van der Waals surface area contributed by atoms with Gasteiger partial charge in [0.1, 0.15) is 5.75 Å². The van der Waals surface area contributed by atoms with Crippen LogP contribution in [0.15, 0.2) is 0 Å². The second-order valence-electron chi connectivity index (χ2n) is 0.881. The van der Waals surface area contributed by atoms with E-state index in [9.17, 15) is 4.79 Å². The van der Waals surface area contributed by atoms with Crippen molar-refractivity contribution in [2.45, 2.75) is 6.92 Å². The first-order valence-corrected chi connectivity index (χ1v) is 2.47. The SMILES string of the molecule is CCOC(=O)[CH]S. The summed E-state index contributed by atoms with van der Waals surface area (Å²) in [6.45, 7) is 2.16. The molecule has 0 aromatic carbocycles. The van der Waals surface area contributed by atoms with Gasteiger partial charge in [0.15, 0.2) is 0 Å². The highest BCUT2D eigenvalue weighted by atomic mass is 32.1. The quantitative estimate of drug-likeness (QED) is 0.426. The van der Waals surface area contributed by atoms with Crippen molar-refractivity contribution in [1.82, 2.24) is 0 Å². The summed E-state index contributed by atoms with van der Waals surface area (Å²) in [5.41, 5.74) is 0. The van der Waals surface area contributed by atoms with Crippen LogP contribution < -0.4 is 0 Å². The molecule has 0 saturated heterocycles. The number of thiol groups is 1. The number of esters is 1. The highest BCUT2D eigenvalue weighted by Crippen LogP contribution is 1.85. The molecule has 3 heteroatoms. The van der Waals surface area contributed by atoms with Crippen LogP contribution in [0.5, 0.6) is 0 Å². The number of carbonyl (C=O) groups excluding carboxylic acids is 1. The second-order valence-corrected chi connectivity index (χ2v) is 1.14. The molecule has 0 aliphatic rings. The van der Waals surface area contributed by atoms with Crippen LogP contribution in [0.1, 0.15) is 6.92 Å². The van der Waals surface area contributed by atoms with Gasteiger partial charge < -0.3 is 4.74 Å². The molecule has 2 nitrogen and oxygen atoms in total. The lowest BCUT2D eigenvalue weighted by atomic mass is 10.8. The molecule has 0 fully saturated rings. The minimum absolute atomic E-state index is 0.383. The highest BCUT2D eigenvalue weighted by molar-refractivity contribution is 7.83. The molecule has 0 saturated carbocycles. The van der Waals surface area contributed by atoms with Crippen LogP contribution in [0, 0.1) is 5.75 Å². The lowest BCUT2D eigenvalue weighted by Gasteiger charge is -1.92. The van der Waals surface area contributed by atoms with E-state index in [1.807, 2.05) is 0 Å². The third-order valence-electron chi connectivity index (χ3n) is 0.392. The van der Waals surface area contributed by atoms with Gasteiger partial charge in [0.2, 0.25) is 0 Å². The van der Waals surface area contributed by atoms with Crippen LogP contribution in [-0.2, 0) is 9.53 Å². The van der Waals surface area contributed by atoms with E-state index in [4.69, 9.17) is 0 Å². The Kier molecular flexibility index (Phi) is 3.89. The van der Waals surface area contributed by atoms with Crippen LogP contribution in [0.2, 0.25) is 0 Å². The Hall–Kier alpha value is -0.180. The Balaban J connectivity index is 3.00. The minimum Gasteiger partial charge on any atom is -0.465 e. The van der Waals surface area contributed by atoms with Gasteiger partial charge in [-0.1, -0.05) is 0 Å². The first-order chi connectivity index (χ1) is 3.31. The van der Waals surface area contributed by atoms with Crippen LogP contribution in [0.25, 0.3) is 0 Å². The molecular formula is C4H7O2S. The van der Waals surface area contributed by atoms with E-state index in [0.717, 1.165) is 5.75 Å². The fourth-order valence-corrected chi connectivity index (χ4v) is 0.254. The zero-order chi connectivity index (χ0) is 5.70. The molecule has 0 N–H and O–H groups in total. The summed E-state index contributed by atoms with van der Waals surface area (Å²) in [5.74, 6) is 0.703. The minimum atomic E-state index is -0.383. The average Bonchev–Trinajstić information content (AvgIpc) is 1.68. The Morgan fingerprint density at radius 2 is 2.57 bits per heavy atom. The monoisotopic (exact) mass is 119 g/mol. The summed E-state index contributed by atoms with van der Waals surface area (Å²) in [5, 5.41) is 0. The van der Waals surface area contributed by atoms with Gasteiger partial charge >= 0.3 is 5.97 Å². The lowest BCUT2D eigenvalue weighted by molar-refractivity contribution is -0.137. The maximum absolute atomic E-state index is 10.1. The molecule has 1 radical (unpaired) electrons. The summed E-state index contributed by atoms with van der Waals surface area (Å²) in [6.07, 6.45) is 0.